The molecule has 3 aromatic carbocycles. The van der Waals surface area contributed by atoms with Gasteiger partial charge in [0.1, 0.15) is 6.04 Å². The highest BCUT2D eigenvalue weighted by atomic mass is 16.4. The molecule has 0 bridgehead atoms. The number of imidazole rings is 1. The van der Waals surface area contributed by atoms with Gasteiger partial charge >= 0.3 is 5.97 Å². The topological polar surface area (TPSA) is 106 Å². The minimum atomic E-state index is -0.866. The van der Waals surface area contributed by atoms with E-state index in [9.17, 15) is 9.90 Å². The molecule has 1 atom stereocenters. The van der Waals surface area contributed by atoms with Gasteiger partial charge in [0, 0.05) is 23.5 Å². The van der Waals surface area contributed by atoms with Crippen molar-refractivity contribution in [3.8, 4) is 11.3 Å². The highest BCUT2D eigenvalue weighted by molar-refractivity contribution is 5.79. The zero-order chi connectivity index (χ0) is 25.9. The van der Waals surface area contributed by atoms with Crippen molar-refractivity contribution in [1.29, 1.82) is 0 Å². The Hall–Kier alpha value is -4.52. The third kappa shape index (κ3) is 5.51. The van der Waals surface area contributed by atoms with Crippen molar-refractivity contribution in [2.75, 3.05) is 10.6 Å². The van der Waals surface area contributed by atoms with Crippen LogP contribution in [0.15, 0.2) is 72.8 Å². The summed E-state index contributed by atoms with van der Waals surface area (Å²) < 4.78 is 0. The number of carboxylic acids is 1. The molecule has 0 saturated heterocycles. The van der Waals surface area contributed by atoms with Crippen molar-refractivity contribution < 1.29 is 9.90 Å². The number of rotatable bonds is 9. The number of nitrogens with one attached hydrogen (secondary N) is 4. The molecule has 0 spiro atoms. The molecule has 5 aromatic rings. The number of aromatic nitrogens is 3. The largest absolute Gasteiger partial charge is 0.480 e. The first kappa shape index (κ1) is 24.2. The monoisotopic (exact) mass is 493 g/mol. The van der Waals surface area contributed by atoms with Gasteiger partial charge in [0.2, 0.25) is 5.95 Å². The van der Waals surface area contributed by atoms with E-state index in [2.05, 4.69) is 49.9 Å². The Labute approximate surface area is 216 Å². The lowest BCUT2D eigenvalue weighted by atomic mass is 10.0. The number of para-hydroxylation sites is 2. The Bertz CT molecular complexity index is 1490. The molecule has 188 valence electrons. The molecule has 0 aliphatic rings. The predicted molar refractivity (Wildman–Crippen MR) is 149 cm³/mol. The highest BCUT2D eigenvalue weighted by Crippen LogP contribution is 2.25. The summed E-state index contributed by atoms with van der Waals surface area (Å²) in [5.74, 6) is -0.131. The maximum absolute atomic E-state index is 12.0. The molecule has 0 radical (unpaired) electrons. The third-order valence-corrected chi connectivity index (χ3v) is 6.58. The van der Waals surface area contributed by atoms with E-state index in [1.54, 1.807) is 0 Å². The summed E-state index contributed by atoms with van der Waals surface area (Å²) in [5.41, 5.74) is 10.2. The molecule has 7 heteroatoms. The van der Waals surface area contributed by atoms with Crippen molar-refractivity contribution in [2.45, 2.75) is 39.8 Å². The number of aryl methyl sites for hydroxylation is 3. The molecule has 2 aromatic heterocycles. The Morgan fingerprint density at radius 3 is 2.38 bits per heavy atom. The summed E-state index contributed by atoms with van der Waals surface area (Å²) in [6, 6.07) is 23.5. The summed E-state index contributed by atoms with van der Waals surface area (Å²) >= 11 is 0. The van der Waals surface area contributed by atoms with Crippen LogP contribution >= 0.6 is 0 Å². The van der Waals surface area contributed by atoms with E-state index in [-0.39, 0.29) is 0 Å². The fraction of sp³-hybridized carbons (Fsp3) is 0.200. The fourth-order valence-electron chi connectivity index (χ4n) is 4.77. The number of nitrogens with zero attached hydrogens (tertiary/aromatic N) is 1. The quantitative estimate of drug-likeness (QED) is 0.168. The molecular weight excluding hydrogens is 462 g/mol. The second kappa shape index (κ2) is 10.2. The molecule has 0 aliphatic carbocycles. The molecule has 37 heavy (non-hydrogen) atoms. The number of hydrogen-bond donors (Lipinski definition) is 5. The molecule has 1 unspecified atom stereocenters. The number of carboxylic acid groups (broad SMARTS) is 1. The highest BCUT2D eigenvalue weighted by Gasteiger charge is 2.20. The van der Waals surface area contributed by atoms with Crippen molar-refractivity contribution in [3.05, 3.63) is 101 Å². The maximum atomic E-state index is 12.0. The Balaban J connectivity index is 1.23. The van der Waals surface area contributed by atoms with E-state index in [0.717, 1.165) is 56.3 Å². The normalized spacial score (nSPS) is 12.0. The number of benzene rings is 3. The van der Waals surface area contributed by atoms with Crippen LogP contribution in [-0.4, -0.2) is 32.1 Å². The van der Waals surface area contributed by atoms with Crippen LogP contribution in [0, 0.1) is 20.8 Å². The zero-order valence-electron chi connectivity index (χ0n) is 21.2. The second-order valence-electron chi connectivity index (χ2n) is 9.56. The van der Waals surface area contributed by atoms with Gasteiger partial charge in [-0.1, -0.05) is 54.1 Å². The summed E-state index contributed by atoms with van der Waals surface area (Å²) in [7, 11) is 0. The van der Waals surface area contributed by atoms with Crippen LogP contribution in [0.1, 0.15) is 27.9 Å². The van der Waals surface area contributed by atoms with Gasteiger partial charge in [-0.3, -0.25) is 0 Å². The van der Waals surface area contributed by atoms with Crippen LogP contribution in [0.3, 0.4) is 0 Å². The van der Waals surface area contributed by atoms with E-state index in [0.29, 0.717) is 13.0 Å². The Morgan fingerprint density at radius 1 is 0.946 bits per heavy atom. The number of fused-ring (bicyclic) bond motifs is 1. The van der Waals surface area contributed by atoms with Crippen LogP contribution in [0.2, 0.25) is 0 Å². The van der Waals surface area contributed by atoms with Gasteiger partial charge in [0.05, 0.1) is 17.6 Å². The lowest BCUT2D eigenvalue weighted by Crippen LogP contribution is -2.32. The van der Waals surface area contributed by atoms with E-state index < -0.39 is 12.0 Å². The van der Waals surface area contributed by atoms with Crippen LogP contribution in [0.5, 0.6) is 0 Å². The number of H-pyrrole nitrogens is 2. The van der Waals surface area contributed by atoms with Gasteiger partial charge in [0.15, 0.2) is 0 Å². The van der Waals surface area contributed by atoms with Gasteiger partial charge in [0.25, 0.3) is 0 Å². The minimum absolute atomic E-state index is 0.389. The molecule has 7 nitrogen and oxygen atoms in total. The lowest BCUT2D eigenvalue weighted by Gasteiger charge is -2.20. The first-order valence-corrected chi connectivity index (χ1v) is 12.4. The van der Waals surface area contributed by atoms with Crippen LogP contribution in [0.4, 0.5) is 11.6 Å². The number of anilines is 2. The number of carbonyl (C=O) groups is 1. The van der Waals surface area contributed by atoms with Crippen LogP contribution in [-0.2, 0) is 17.8 Å². The van der Waals surface area contributed by atoms with Crippen molar-refractivity contribution in [3.63, 3.8) is 0 Å². The number of aliphatic carboxylic acids is 1. The summed E-state index contributed by atoms with van der Waals surface area (Å²) in [4.78, 5) is 23.3. The maximum Gasteiger partial charge on any atom is 0.326 e. The molecule has 0 amide bonds. The van der Waals surface area contributed by atoms with E-state index in [1.807, 2.05) is 69.3 Å². The fourth-order valence-corrected chi connectivity index (χ4v) is 4.77. The first-order chi connectivity index (χ1) is 17.9. The second-order valence-corrected chi connectivity index (χ2v) is 9.56. The Kier molecular flexibility index (Phi) is 6.68. The van der Waals surface area contributed by atoms with Gasteiger partial charge in [-0.05, 0) is 67.3 Å². The van der Waals surface area contributed by atoms with Crippen LogP contribution < -0.4 is 10.6 Å². The molecule has 5 N–H and O–H groups in total. The molecule has 0 fully saturated rings. The van der Waals surface area contributed by atoms with Gasteiger partial charge in [-0.25, -0.2) is 9.78 Å². The number of aromatic amines is 2. The lowest BCUT2D eigenvalue weighted by molar-refractivity contribution is -0.137. The van der Waals surface area contributed by atoms with Gasteiger partial charge < -0.3 is 25.7 Å². The molecule has 5 rings (SSSR count). The standard InChI is InChI=1S/C30H31N5O2/c1-18-14-19(2)28(20(3)15-18)33-27(29(36)37)16-21-8-10-22(11-9-21)24-13-12-23(32-24)17-31-30-34-25-6-4-5-7-26(25)35-30/h4-15,27,32-33H,16-17H2,1-3H3,(H,36,37)(H2,31,34,35). The average molecular weight is 494 g/mol. The Morgan fingerprint density at radius 2 is 1.68 bits per heavy atom. The van der Waals surface area contributed by atoms with Crippen molar-refractivity contribution >= 4 is 28.6 Å². The zero-order valence-corrected chi connectivity index (χ0v) is 21.2. The summed E-state index contributed by atoms with van der Waals surface area (Å²) in [6.45, 7) is 6.67. The average Bonchev–Trinajstić information content (AvgIpc) is 3.51. The van der Waals surface area contributed by atoms with Gasteiger partial charge in [-0.2, -0.15) is 0 Å². The number of hydrogen-bond acceptors (Lipinski definition) is 4. The molecular formula is C30H31N5O2. The van der Waals surface area contributed by atoms with Gasteiger partial charge in [-0.15, -0.1) is 0 Å². The van der Waals surface area contributed by atoms with Crippen molar-refractivity contribution in [1.82, 2.24) is 15.0 Å². The smallest absolute Gasteiger partial charge is 0.326 e. The van der Waals surface area contributed by atoms with E-state index in [4.69, 9.17) is 0 Å². The molecule has 2 heterocycles. The molecule has 0 saturated carbocycles. The van der Waals surface area contributed by atoms with Crippen LogP contribution in [0.25, 0.3) is 22.3 Å². The third-order valence-electron chi connectivity index (χ3n) is 6.58. The molecule has 0 aliphatic heterocycles. The minimum Gasteiger partial charge on any atom is -0.480 e. The SMILES string of the molecule is Cc1cc(C)c(NC(Cc2ccc(-c3ccc(CNc4nc5ccccc5[nH]4)[nH]3)cc2)C(=O)O)c(C)c1. The van der Waals surface area contributed by atoms with E-state index in [1.165, 1.54) is 5.56 Å². The van der Waals surface area contributed by atoms with Crippen molar-refractivity contribution in [2.24, 2.45) is 0 Å². The summed E-state index contributed by atoms with van der Waals surface area (Å²) in [5, 5.41) is 16.4. The predicted octanol–water partition coefficient (Wildman–Crippen LogP) is 6.20. The van der Waals surface area contributed by atoms with E-state index >= 15 is 0 Å². The first-order valence-electron chi connectivity index (χ1n) is 12.4. The summed E-state index contributed by atoms with van der Waals surface area (Å²) in [6.07, 6.45) is 0.389.